The van der Waals surface area contributed by atoms with E-state index in [1.807, 2.05) is 36.4 Å². The molecule has 3 aromatic rings. The molecule has 0 aliphatic carbocycles. The molecule has 0 saturated carbocycles. The highest BCUT2D eigenvalue weighted by Gasteiger charge is 2.32. The van der Waals surface area contributed by atoms with Gasteiger partial charge in [-0.15, -0.1) is 5.10 Å². The average Bonchev–Trinajstić information content (AvgIpc) is 3.24. The lowest BCUT2D eigenvalue weighted by Gasteiger charge is -2.26. The summed E-state index contributed by atoms with van der Waals surface area (Å²) in [5.74, 6) is 1.19. The first-order valence-corrected chi connectivity index (χ1v) is 9.93. The van der Waals surface area contributed by atoms with Crippen LogP contribution in [0.25, 0.3) is 0 Å². The number of hydrogen-bond donors (Lipinski definition) is 1. The Morgan fingerprint density at radius 2 is 1.41 bits per heavy atom. The number of nitrogens with zero attached hydrogens (tertiary/aromatic N) is 5. The Morgan fingerprint density at radius 3 is 1.91 bits per heavy atom. The van der Waals surface area contributed by atoms with Crippen molar-refractivity contribution < 1.29 is 19.1 Å². The predicted molar refractivity (Wildman–Crippen MR) is 116 cm³/mol. The third-order valence-corrected chi connectivity index (χ3v) is 4.86. The van der Waals surface area contributed by atoms with E-state index in [0.717, 1.165) is 11.1 Å². The molecule has 1 aliphatic rings. The van der Waals surface area contributed by atoms with Gasteiger partial charge in [-0.3, -0.25) is 4.84 Å². The van der Waals surface area contributed by atoms with Crippen LogP contribution in [0.2, 0.25) is 0 Å². The van der Waals surface area contributed by atoms with Crippen molar-refractivity contribution in [3.8, 4) is 17.8 Å². The van der Waals surface area contributed by atoms with Gasteiger partial charge in [0, 0.05) is 12.3 Å². The molecule has 10 heteroatoms. The largest absolute Gasteiger partial charge is 0.481 e. The van der Waals surface area contributed by atoms with Crippen molar-refractivity contribution in [2.75, 3.05) is 21.3 Å². The average molecular weight is 436 g/mol. The summed E-state index contributed by atoms with van der Waals surface area (Å²) in [5, 5.41) is 6.98. The first-order valence-electron chi connectivity index (χ1n) is 9.93. The smallest absolute Gasteiger partial charge is 0.351 e. The number of methoxy groups -OCH3 is 2. The Bertz CT molecular complexity index is 989. The number of amidine groups is 1. The van der Waals surface area contributed by atoms with Gasteiger partial charge >= 0.3 is 6.01 Å². The number of nitrogens with one attached hydrogen (secondary N) is 1. The Kier molecular flexibility index (Phi) is 6.63. The number of benzene rings is 2. The van der Waals surface area contributed by atoms with Crippen LogP contribution < -0.4 is 19.8 Å². The molecular formula is C22H24N6O4. The molecule has 1 N–H and O–H groups in total. The molecule has 10 nitrogen and oxygen atoms in total. The fourth-order valence-corrected chi connectivity index (χ4v) is 3.31. The van der Waals surface area contributed by atoms with Crippen molar-refractivity contribution in [1.82, 2.24) is 26.0 Å². The zero-order valence-electron chi connectivity index (χ0n) is 18.0. The van der Waals surface area contributed by atoms with Crippen molar-refractivity contribution in [3.05, 3.63) is 77.9 Å². The lowest BCUT2D eigenvalue weighted by Crippen LogP contribution is -2.47. The second-order valence-electron chi connectivity index (χ2n) is 6.76. The van der Waals surface area contributed by atoms with Crippen molar-refractivity contribution in [2.45, 2.75) is 12.3 Å². The Balaban J connectivity index is 1.62. The molecule has 0 atom stereocenters. The minimum absolute atomic E-state index is 0.00984. The van der Waals surface area contributed by atoms with E-state index in [0.29, 0.717) is 24.0 Å². The van der Waals surface area contributed by atoms with Gasteiger partial charge in [0.15, 0.2) is 5.84 Å². The van der Waals surface area contributed by atoms with Gasteiger partial charge in [-0.1, -0.05) is 65.8 Å². The van der Waals surface area contributed by atoms with Gasteiger partial charge in [-0.25, -0.2) is 0 Å². The predicted octanol–water partition coefficient (Wildman–Crippen LogP) is 2.92. The molecule has 0 radical (unpaired) electrons. The first kappa shape index (κ1) is 21.3. The third-order valence-electron chi connectivity index (χ3n) is 4.86. The van der Waals surface area contributed by atoms with Gasteiger partial charge in [0.25, 0.3) is 0 Å². The van der Waals surface area contributed by atoms with Gasteiger partial charge < -0.3 is 14.3 Å². The van der Waals surface area contributed by atoms with Gasteiger partial charge in [-0.2, -0.15) is 15.5 Å². The monoisotopic (exact) mass is 436 g/mol. The summed E-state index contributed by atoms with van der Waals surface area (Å²) >= 11 is 0. The molecule has 0 unspecified atom stereocenters. The van der Waals surface area contributed by atoms with Crippen LogP contribution in [0.15, 0.2) is 71.8 Å². The summed E-state index contributed by atoms with van der Waals surface area (Å²) in [6.45, 7) is 0. The normalized spacial score (nSPS) is 13.6. The van der Waals surface area contributed by atoms with Gasteiger partial charge in [0.1, 0.15) is 0 Å². The van der Waals surface area contributed by atoms with E-state index in [9.17, 15) is 0 Å². The molecule has 0 bridgehead atoms. The van der Waals surface area contributed by atoms with Crippen molar-refractivity contribution in [2.24, 2.45) is 5.10 Å². The van der Waals surface area contributed by atoms with Gasteiger partial charge in [-0.05, 0) is 11.1 Å². The zero-order chi connectivity index (χ0) is 22.3. The first-order chi connectivity index (χ1) is 15.7. The SMILES string of the molecule is COc1cc(OC)nc(ON2C(CC(c3ccccc3)c3ccccc3)=NNN2OC)n1. The number of rotatable bonds is 9. The molecule has 0 amide bonds. The summed E-state index contributed by atoms with van der Waals surface area (Å²) in [6, 6.07) is 22.0. The molecule has 1 aliphatic heterocycles. The van der Waals surface area contributed by atoms with Gasteiger partial charge in [0.2, 0.25) is 11.8 Å². The molecule has 166 valence electrons. The maximum atomic E-state index is 5.91. The molecule has 4 rings (SSSR count). The zero-order valence-corrected chi connectivity index (χ0v) is 18.0. The molecule has 1 aromatic heterocycles. The molecule has 2 aromatic carbocycles. The van der Waals surface area contributed by atoms with Gasteiger partial charge in [0.05, 0.1) is 32.7 Å². The Hall–Kier alpha value is -3.89. The van der Waals surface area contributed by atoms with Crippen LogP contribution in [0.3, 0.4) is 0 Å². The van der Waals surface area contributed by atoms with Crippen LogP contribution in [0, 0.1) is 0 Å². The van der Waals surface area contributed by atoms with Crippen LogP contribution in [-0.4, -0.2) is 47.6 Å². The van der Waals surface area contributed by atoms with E-state index < -0.39 is 0 Å². The Morgan fingerprint density at radius 1 is 0.844 bits per heavy atom. The maximum Gasteiger partial charge on any atom is 0.351 e. The fraction of sp³-hybridized carbons (Fsp3) is 0.227. The van der Waals surface area contributed by atoms with Crippen molar-refractivity contribution >= 4 is 5.84 Å². The van der Waals surface area contributed by atoms with Crippen molar-refractivity contribution in [3.63, 3.8) is 0 Å². The second-order valence-corrected chi connectivity index (χ2v) is 6.76. The highest BCUT2D eigenvalue weighted by Crippen LogP contribution is 2.30. The number of hydrogen-bond acceptors (Lipinski definition) is 10. The number of hydrazone groups is 1. The highest BCUT2D eigenvalue weighted by atomic mass is 16.9. The van der Waals surface area contributed by atoms with E-state index >= 15 is 0 Å². The molecule has 0 spiro atoms. The summed E-state index contributed by atoms with van der Waals surface area (Å²) in [5.41, 5.74) is 5.07. The molecule has 32 heavy (non-hydrogen) atoms. The summed E-state index contributed by atoms with van der Waals surface area (Å²) in [6.07, 6.45) is 0.516. The minimum Gasteiger partial charge on any atom is -0.481 e. The lowest BCUT2D eigenvalue weighted by molar-refractivity contribution is -0.343. The van der Waals surface area contributed by atoms with E-state index in [1.165, 1.54) is 31.8 Å². The van der Waals surface area contributed by atoms with Crippen LogP contribution in [0.4, 0.5) is 0 Å². The van der Waals surface area contributed by atoms with Crippen LogP contribution in [0.1, 0.15) is 23.5 Å². The standard InChI is InChI=1S/C22H24N6O4/c1-29-20-15-21(30-2)24-22(23-20)32-27-19(25-26-28(27)31-3)14-18(16-10-6-4-7-11-16)17-12-8-5-9-13-17/h4-13,15,18,26H,14H2,1-3H3. The van der Waals surface area contributed by atoms with Crippen LogP contribution in [0.5, 0.6) is 17.8 Å². The molecule has 0 saturated heterocycles. The Labute approximate surface area is 185 Å². The summed E-state index contributed by atoms with van der Waals surface area (Å²) in [7, 11) is 4.49. The van der Waals surface area contributed by atoms with Crippen LogP contribution >= 0.6 is 0 Å². The lowest BCUT2D eigenvalue weighted by atomic mass is 9.88. The van der Waals surface area contributed by atoms with Crippen molar-refractivity contribution in [1.29, 1.82) is 0 Å². The number of hydrazine groups is 2. The van der Waals surface area contributed by atoms with E-state index in [-0.39, 0.29) is 11.9 Å². The second kappa shape index (κ2) is 9.94. The highest BCUT2D eigenvalue weighted by molar-refractivity contribution is 5.83. The number of aromatic nitrogens is 2. The minimum atomic E-state index is 0.00984. The number of hydroxylamine groups is 1. The quantitative estimate of drug-likeness (QED) is 0.543. The molecule has 0 fully saturated rings. The van der Waals surface area contributed by atoms with E-state index in [2.05, 4.69) is 44.9 Å². The van der Waals surface area contributed by atoms with E-state index in [1.54, 1.807) is 6.07 Å². The maximum absolute atomic E-state index is 5.91. The molecular weight excluding hydrogens is 412 g/mol. The summed E-state index contributed by atoms with van der Waals surface area (Å²) < 4.78 is 10.4. The van der Waals surface area contributed by atoms with Crippen LogP contribution in [-0.2, 0) is 4.84 Å². The summed E-state index contributed by atoms with van der Waals surface area (Å²) in [4.78, 5) is 19.7. The number of ether oxygens (including phenoxy) is 2. The fourth-order valence-electron chi connectivity index (χ4n) is 3.31. The topological polar surface area (TPSA) is 93.6 Å². The van der Waals surface area contributed by atoms with E-state index in [4.69, 9.17) is 19.1 Å². The molecule has 2 heterocycles. The third kappa shape index (κ3) is 4.71.